The molecule has 1 aromatic rings. The van der Waals surface area contributed by atoms with Gasteiger partial charge in [-0.25, -0.2) is 13.1 Å². The maximum Gasteiger partial charge on any atom is 0.264 e. The monoisotopic (exact) mass is 717 g/mol. The Hall–Kier alpha value is -2.11. The van der Waals surface area contributed by atoms with Crippen LogP contribution in [-0.4, -0.2) is 88.7 Å². The van der Waals surface area contributed by atoms with Gasteiger partial charge in [0, 0.05) is 54.1 Å². The Kier molecular flexibility index (Phi) is 11.4. The van der Waals surface area contributed by atoms with Crippen molar-refractivity contribution in [3.8, 4) is 5.75 Å². The summed E-state index contributed by atoms with van der Waals surface area (Å²) >= 11 is 6.47. The summed E-state index contributed by atoms with van der Waals surface area (Å²) in [7, 11) is -3.93. The van der Waals surface area contributed by atoms with E-state index < -0.39 is 21.2 Å². The fourth-order valence-corrected chi connectivity index (χ4v) is 10.5. The minimum atomic E-state index is -3.93. The predicted octanol–water partition coefficient (Wildman–Crippen LogP) is 5.98. The number of aliphatic hydroxyl groups is 1. The number of amides is 1. The van der Waals surface area contributed by atoms with E-state index in [-0.39, 0.29) is 29.3 Å². The molecule has 3 heterocycles. The van der Waals surface area contributed by atoms with Crippen LogP contribution in [0.1, 0.15) is 82.5 Å². The number of aliphatic hydroxyl groups excluding tert-OH is 1. The number of fused-ring (bicyclic) bond motifs is 3. The van der Waals surface area contributed by atoms with Gasteiger partial charge >= 0.3 is 0 Å². The quantitative estimate of drug-likeness (QED) is 0.394. The average molecular weight is 718 g/mol. The molecule has 2 unspecified atom stereocenters. The summed E-state index contributed by atoms with van der Waals surface area (Å²) in [4.78, 5) is 18.4. The third-order valence-corrected chi connectivity index (χ3v) is 14.8. The molecule has 49 heavy (non-hydrogen) atoms. The molecule has 6 rings (SSSR count). The molecule has 7 atom stereocenters. The minimum absolute atomic E-state index is 0.108. The van der Waals surface area contributed by atoms with Gasteiger partial charge in [-0.05, 0) is 93.4 Å². The largest absolute Gasteiger partial charge is 0.490 e. The van der Waals surface area contributed by atoms with Crippen molar-refractivity contribution in [2.24, 2.45) is 34.5 Å². The molecule has 5 aliphatic rings. The van der Waals surface area contributed by atoms with Crippen molar-refractivity contribution >= 4 is 33.2 Å². The Balaban J connectivity index is 1.39. The summed E-state index contributed by atoms with van der Waals surface area (Å²) in [5.41, 5.74) is 0.596. The van der Waals surface area contributed by atoms with Crippen molar-refractivity contribution in [1.82, 2.24) is 9.62 Å². The molecule has 0 spiro atoms. The normalized spacial score (nSPS) is 36.1. The third kappa shape index (κ3) is 8.03. The van der Waals surface area contributed by atoms with Crippen LogP contribution in [-0.2, 0) is 14.8 Å². The summed E-state index contributed by atoms with van der Waals surface area (Å²) in [5, 5.41) is 11.3. The SMILES string of the molecule is C[C@@H]1[C@@H](C)CCC[C@](CO)(CN2CCOCC2)[C@@H]2CC[C@H]2CN2CCCCC3C=C(Cl)C=CC3(C)COc3ccc(cc32)C(=O)NS1(=O)=O. The van der Waals surface area contributed by atoms with E-state index in [2.05, 4.69) is 33.6 Å². The van der Waals surface area contributed by atoms with Crippen LogP contribution in [0.2, 0.25) is 0 Å². The second-order valence-electron chi connectivity index (χ2n) is 15.8. The number of nitrogens with one attached hydrogen (secondary N) is 1. The molecule has 1 amide bonds. The number of anilines is 1. The van der Waals surface area contributed by atoms with Crippen molar-refractivity contribution in [2.75, 3.05) is 64.1 Å². The highest BCUT2D eigenvalue weighted by atomic mass is 35.5. The van der Waals surface area contributed by atoms with Crippen LogP contribution in [0, 0.1) is 34.5 Å². The van der Waals surface area contributed by atoms with Crippen LogP contribution in [0.4, 0.5) is 5.69 Å². The number of allylic oxidation sites excluding steroid dienone is 3. The minimum Gasteiger partial charge on any atom is -0.490 e. The van der Waals surface area contributed by atoms with E-state index in [0.717, 1.165) is 88.4 Å². The van der Waals surface area contributed by atoms with Crippen molar-refractivity contribution in [2.45, 2.75) is 77.4 Å². The number of morpholine rings is 1. The van der Waals surface area contributed by atoms with Crippen LogP contribution >= 0.6 is 11.6 Å². The average Bonchev–Trinajstić information content (AvgIpc) is 3.09. The maximum absolute atomic E-state index is 13.6. The highest BCUT2D eigenvalue weighted by Gasteiger charge is 2.48. The zero-order chi connectivity index (χ0) is 34.8. The lowest BCUT2D eigenvalue weighted by molar-refractivity contribution is -0.0696. The molecule has 2 fully saturated rings. The number of ether oxygens (including phenoxy) is 2. The molecule has 3 aliphatic heterocycles. The van der Waals surface area contributed by atoms with Gasteiger partial charge in [0.15, 0.2) is 0 Å². The Morgan fingerprint density at radius 1 is 1.06 bits per heavy atom. The van der Waals surface area contributed by atoms with Gasteiger partial charge in [0.1, 0.15) is 5.75 Å². The molecular formula is C38H56ClN3O6S. The lowest BCUT2D eigenvalue weighted by atomic mass is 9.57. The zero-order valence-corrected chi connectivity index (χ0v) is 31.1. The first-order valence-electron chi connectivity index (χ1n) is 18.5. The Morgan fingerprint density at radius 3 is 2.59 bits per heavy atom. The number of hydrogen-bond acceptors (Lipinski definition) is 8. The summed E-state index contributed by atoms with van der Waals surface area (Å²) in [6.45, 7) is 11.9. The Bertz CT molecular complexity index is 1510. The first-order chi connectivity index (χ1) is 23.4. The number of hydrogen-bond donors (Lipinski definition) is 2. The summed E-state index contributed by atoms with van der Waals surface area (Å²) < 4.78 is 41.8. The van der Waals surface area contributed by atoms with Gasteiger partial charge in [-0.15, -0.1) is 0 Å². The van der Waals surface area contributed by atoms with Crippen molar-refractivity contribution < 1.29 is 27.8 Å². The summed E-state index contributed by atoms with van der Waals surface area (Å²) in [5.74, 6) is 0.870. The highest BCUT2D eigenvalue weighted by Crippen LogP contribution is 2.51. The van der Waals surface area contributed by atoms with Crippen LogP contribution in [0.3, 0.4) is 0 Å². The van der Waals surface area contributed by atoms with E-state index in [1.165, 1.54) is 0 Å². The lowest BCUT2D eigenvalue weighted by Crippen LogP contribution is -2.54. The molecule has 2 N–H and O–H groups in total. The van der Waals surface area contributed by atoms with Gasteiger partial charge in [0.05, 0.1) is 37.4 Å². The molecule has 272 valence electrons. The topological polar surface area (TPSA) is 108 Å². The number of carbonyl (C=O) groups is 1. The van der Waals surface area contributed by atoms with Gasteiger partial charge in [0.25, 0.3) is 5.91 Å². The molecule has 2 bridgehead atoms. The van der Waals surface area contributed by atoms with E-state index in [1.807, 2.05) is 25.1 Å². The zero-order valence-electron chi connectivity index (χ0n) is 29.5. The molecule has 9 nitrogen and oxygen atoms in total. The lowest BCUT2D eigenvalue weighted by Gasteiger charge is -2.53. The fourth-order valence-electron chi connectivity index (χ4n) is 8.95. The number of sulfonamides is 1. The van der Waals surface area contributed by atoms with Gasteiger partial charge in [-0.2, -0.15) is 0 Å². The van der Waals surface area contributed by atoms with Gasteiger partial charge < -0.3 is 19.5 Å². The smallest absolute Gasteiger partial charge is 0.264 e. The number of halogens is 1. The molecule has 0 aromatic heterocycles. The molecule has 11 heteroatoms. The maximum atomic E-state index is 13.6. The standard InChI is InChI=1S/C38H56ClN3O6S/c1-27-7-6-14-38(25-43,24-41-17-19-47-20-18-41)33-11-9-30(33)23-42-16-5-4-8-31-22-32(39)13-15-37(31,3)26-48-35-12-10-29(21-34(35)42)36(44)40-49(45,46)28(27)2/h10,12-13,15,21-22,27-28,30-31,33,43H,4-9,11,14,16-20,23-26H2,1-3H3,(H,40,44)/t27-,28+,30-,31?,33+,37?,38+/m0/s1. The molecule has 1 saturated heterocycles. The van der Waals surface area contributed by atoms with E-state index in [4.69, 9.17) is 21.1 Å². The van der Waals surface area contributed by atoms with Gasteiger partial charge in [0.2, 0.25) is 10.0 Å². The van der Waals surface area contributed by atoms with Crippen molar-refractivity contribution in [3.63, 3.8) is 0 Å². The number of carbonyl (C=O) groups excluding carboxylic acids is 1. The van der Waals surface area contributed by atoms with Crippen LogP contribution in [0.25, 0.3) is 0 Å². The Morgan fingerprint density at radius 2 is 1.86 bits per heavy atom. The van der Waals surface area contributed by atoms with Crippen LogP contribution < -0.4 is 14.4 Å². The number of rotatable bonds is 3. The second-order valence-corrected chi connectivity index (χ2v) is 18.3. The summed E-state index contributed by atoms with van der Waals surface area (Å²) in [6.07, 6.45) is 13.7. The first-order valence-corrected chi connectivity index (χ1v) is 20.4. The molecule has 2 aliphatic carbocycles. The van der Waals surface area contributed by atoms with Gasteiger partial charge in [-0.1, -0.05) is 50.4 Å². The van der Waals surface area contributed by atoms with E-state index in [9.17, 15) is 18.3 Å². The second kappa shape index (κ2) is 15.2. The molecule has 1 saturated carbocycles. The fraction of sp³-hybridized carbons (Fsp3) is 0.711. The van der Waals surface area contributed by atoms with Crippen LogP contribution in [0.15, 0.2) is 41.5 Å². The molecule has 0 radical (unpaired) electrons. The predicted molar refractivity (Wildman–Crippen MR) is 195 cm³/mol. The highest BCUT2D eigenvalue weighted by molar-refractivity contribution is 7.90. The first kappa shape index (κ1) is 36.7. The molecular weight excluding hydrogens is 662 g/mol. The van der Waals surface area contributed by atoms with E-state index in [1.54, 1.807) is 13.0 Å². The van der Waals surface area contributed by atoms with Crippen molar-refractivity contribution in [1.29, 1.82) is 0 Å². The third-order valence-electron chi connectivity index (χ3n) is 12.6. The van der Waals surface area contributed by atoms with E-state index in [0.29, 0.717) is 49.4 Å². The molecule has 1 aromatic carbocycles. The van der Waals surface area contributed by atoms with Crippen LogP contribution in [0.5, 0.6) is 5.75 Å². The van der Waals surface area contributed by atoms with Gasteiger partial charge in [-0.3, -0.25) is 9.69 Å². The Labute approximate surface area is 298 Å². The van der Waals surface area contributed by atoms with Crippen molar-refractivity contribution in [3.05, 3.63) is 47.0 Å². The summed E-state index contributed by atoms with van der Waals surface area (Å²) in [6, 6.07) is 5.34. The number of benzene rings is 1. The van der Waals surface area contributed by atoms with E-state index >= 15 is 0 Å². The number of nitrogens with zero attached hydrogens (tertiary/aromatic N) is 2.